The van der Waals surface area contributed by atoms with E-state index in [4.69, 9.17) is 5.11 Å². The van der Waals surface area contributed by atoms with Crippen LogP contribution in [0.25, 0.3) is 0 Å². The molecule has 0 atom stereocenters. The van der Waals surface area contributed by atoms with Crippen molar-refractivity contribution in [2.45, 2.75) is 20.3 Å². The molecule has 0 aromatic carbocycles. The highest BCUT2D eigenvalue weighted by Gasteiger charge is 1.88. The fourth-order valence-electron chi connectivity index (χ4n) is 0.689. The monoisotopic (exact) mass is 166 g/mol. The lowest BCUT2D eigenvalue weighted by Gasteiger charge is -1.92. The first kappa shape index (κ1) is 10.7. The first-order chi connectivity index (χ1) is 5.70. The van der Waals surface area contributed by atoms with E-state index in [9.17, 15) is 4.79 Å². The quantitative estimate of drug-likeness (QED) is 0.514. The van der Waals surface area contributed by atoms with Gasteiger partial charge in [0.15, 0.2) is 0 Å². The fraction of sp³-hybridized carbons (Fsp3) is 0.300. The smallest absolute Gasteiger partial charge is 0.328 e. The Morgan fingerprint density at radius 1 is 1.42 bits per heavy atom. The van der Waals surface area contributed by atoms with E-state index in [2.05, 4.69) is 0 Å². The number of carboxylic acid groups (broad SMARTS) is 1. The summed E-state index contributed by atoms with van der Waals surface area (Å²) in [5.74, 6) is -0.908. The summed E-state index contributed by atoms with van der Waals surface area (Å²) in [6.45, 7) is 3.91. The maximum Gasteiger partial charge on any atom is 0.328 e. The van der Waals surface area contributed by atoms with Crippen LogP contribution < -0.4 is 0 Å². The van der Waals surface area contributed by atoms with Gasteiger partial charge in [0.1, 0.15) is 0 Å². The minimum atomic E-state index is -0.908. The summed E-state index contributed by atoms with van der Waals surface area (Å²) < 4.78 is 0. The summed E-state index contributed by atoms with van der Waals surface area (Å²) >= 11 is 0. The summed E-state index contributed by atoms with van der Waals surface area (Å²) in [4.78, 5) is 10.2. The summed E-state index contributed by atoms with van der Waals surface area (Å²) in [6.07, 6.45) is 9.31. The number of aliphatic carboxylic acids is 1. The lowest BCUT2D eigenvalue weighted by molar-refractivity contribution is -0.131. The molecule has 0 aliphatic heterocycles. The molecule has 0 aliphatic carbocycles. The topological polar surface area (TPSA) is 37.3 Å². The Morgan fingerprint density at radius 3 is 2.50 bits per heavy atom. The minimum absolute atomic E-state index is 0.841. The Bertz CT molecular complexity index is 222. The number of carboxylic acids is 1. The first-order valence-electron chi connectivity index (χ1n) is 3.93. The largest absolute Gasteiger partial charge is 0.478 e. The van der Waals surface area contributed by atoms with Crippen LogP contribution in [0.3, 0.4) is 0 Å². The molecule has 0 radical (unpaired) electrons. The SMILES string of the molecule is C\C=C/C=C(/C=C/C(=O)O)CC. The van der Waals surface area contributed by atoms with Crippen molar-refractivity contribution < 1.29 is 9.90 Å². The molecule has 0 saturated heterocycles. The van der Waals surface area contributed by atoms with E-state index in [1.807, 2.05) is 32.1 Å². The Hall–Kier alpha value is -1.31. The van der Waals surface area contributed by atoms with Gasteiger partial charge in [-0.05, 0) is 18.9 Å². The van der Waals surface area contributed by atoms with Crippen molar-refractivity contribution in [1.82, 2.24) is 0 Å². The molecule has 0 aliphatic rings. The van der Waals surface area contributed by atoms with Crippen molar-refractivity contribution >= 4 is 5.97 Å². The molecule has 12 heavy (non-hydrogen) atoms. The Labute approximate surface area is 72.9 Å². The molecule has 1 N–H and O–H groups in total. The van der Waals surface area contributed by atoms with Crippen LogP contribution in [0.5, 0.6) is 0 Å². The highest BCUT2D eigenvalue weighted by molar-refractivity contribution is 5.80. The van der Waals surface area contributed by atoms with Gasteiger partial charge in [-0.1, -0.05) is 31.2 Å². The number of carbonyl (C=O) groups is 1. The van der Waals surface area contributed by atoms with Crippen LogP contribution in [-0.4, -0.2) is 11.1 Å². The Balaban J connectivity index is 4.26. The van der Waals surface area contributed by atoms with Crippen LogP contribution >= 0.6 is 0 Å². The highest BCUT2D eigenvalue weighted by atomic mass is 16.4. The van der Waals surface area contributed by atoms with Gasteiger partial charge in [0.2, 0.25) is 0 Å². The van der Waals surface area contributed by atoms with Crippen LogP contribution in [0.15, 0.2) is 36.0 Å². The molecule has 0 unspecified atom stereocenters. The van der Waals surface area contributed by atoms with Gasteiger partial charge in [0, 0.05) is 6.08 Å². The molecule has 66 valence electrons. The van der Waals surface area contributed by atoms with E-state index in [0.29, 0.717) is 0 Å². The van der Waals surface area contributed by atoms with E-state index in [0.717, 1.165) is 18.1 Å². The van der Waals surface area contributed by atoms with Crippen molar-refractivity contribution in [2.24, 2.45) is 0 Å². The predicted octanol–water partition coefficient (Wildman–Crippen LogP) is 2.54. The number of hydrogen-bond acceptors (Lipinski definition) is 1. The van der Waals surface area contributed by atoms with Crippen LogP contribution in [0.2, 0.25) is 0 Å². The summed E-state index contributed by atoms with van der Waals surface area (Å²) in [5.41, 5.74) is 1.01. The average molecular weight is 166 g/mol. The lowest BCUT2D eigenvalue weighted by Crippen LogP contribution is -1.86. The summed E-state index contributed by atoms with van der Waals surface area (Å²) in [5, 5.41) is 8.35. The molecular formula is C10H14O2. The third-order valence-corrected chi connectivity index (χ3v) is 1.35. The van der Waals surface area contributed by atoms with E-state index >= 15 is 0 Å². The van der Waals surface area contributed by atoms with E-state index < -0.39 is 5.97 Å². The summed E-state index contributed by atoms with van der Waals surface area (Å²) in [6, 6.07) is 0. The van der Waals surface area contributed by atoms with Gasteiger partial charge in [-0.3, -0.25) is 0 Å². The molecule has 2 nitrogen and oxygen atoms in total. The van der Waals surface area contributed by atoms with Crippen LogP contribution in [0.4, 0.5) is 0 Å². The predicted molar refractivity (Wildman–Crippen MR) is 50.0 cm³/mol. The van der Waals surface area contributed by atoms with Gasteiger partial charge < -0.3 is 5.11 Å². The van der Waals surface area contributed by atoms with Gasteiger partial charge >= 0.3 is 5.97 Å². The minimum Gasteiger partial charge on any atom is -0.478 e. The molecule has 0 amide bonds. The molecule has 0 saturated carbocycles. The zero-order chi connectivity index (χ0) is 9.40. The molecule has 0 spiro atoms. The zero-order valence-electron chi connectivity index (χ0n) is 7.45. The molecular weight excluding hydrogens is 152 g/mol. The van der Waals surface area contributed by atoms with Crippen LogP contribution in [0.1, 0.15) is 20.3 Å². The Morgan fingerprint density at radius 2 is 2.08 bits per heavy atom. The van der Waals surface area contributed by atoms with E-state index in [1.54, 1.807) is 6.08 Å². The van der Waals surface area contributed by atoms with Crippen LogP contribution in [0, 0.1) is 0 Å². The zero-order valence-corrected chi connectivity index (χ0v) is 7.45. The maximum absolute atomic E-state index is 10.2. The van der Waals surface area contributed by atoms with Gasteiger partial charge in [0.05, 0.1) is 0 Å². The van der Waals surface area contributed by atoms with Gasteiger partial charge in [-0.2, -0.15) is 0 Å². The molecule has 0 aromatic rings. The highest BCUT2D eigenvalue weighted by Crippen LogP contribution is 2.02. The molecule has 0 rings (SSSR count). The number of hydrogen-bond donors (Lipinski definition) is 1. The maximum atomic E-state index is 10.2. The van der Waals surface area contributed by atoms with E-state index in [1.165, 1.54) is 0 Å². The first-order valence-corrected chi connectivity index (χ1v) is 3.93. The number of rotatable bonds is 4. The molecule has 0 aromatic heterocycles. The third kappa shape index (κ3) is 5.47. The van der Waals surface area contributed by atoms with Gasteiger partial charge in [0.25, 0.3) is 0 Å². The molecule has 2 heteroatoms. The second-order valence-corrected chi connectivity index (χ2v) is 2.29. The fourth-order valence-corrected chi connectivity index (χ4v) is 0.689. The van der Waals surface area contributed by atoms with Crippen molar-refractivity contribution in [3.63, 3.8) is 0 Å². The van der Waals surface area contributed by atoms with Gasteiger partial charge in [-0.25, -0.2) is 4.79 Å². The molecule has 0 fully saturated rings. The number of allylic oxidation sites excluding steroid dienone is 5. The third-order valence-electron chi connectivity index (χ3n) is 1.35. The van der Waals surface area contributed by atoms with Crippen molar-refractivity contribution in [2.75, 3.05) is 0 Å². The second kappa shape index (κ2) is 6.40. The standard InChI is InChI=1S/C10H14O2/c1-3-5-6-9(4-2)7-8-10(11)12/h3,5-8H,4H2,1-2H3,(H,11,12)/b5-3-,8-7+,9-6+. The second-order valence-electron chi connectivity index (χ2n) is 2.29. The normalized spacial score (nSPS) is 13.0. The van der Waals surface area contributed by atoms with Gasteiger partial charge in [-0.15, -0.1) is 0 Å². The van der Waals surface area contributed by atoms with Crippen molar-refractivity contribution in [3.8, 4) is 0 Å². The molecule has 0 heterocycles. The van der Waals surface area contributed by atoms with E-state index in [-0.39, 0.29) is 0 Å². The Kier molecular flexibility index (Phi) is 5.70. The average Bonchev–Trinajstić information content (AvgIpc) is 2.05. The van der Waals surface area contributed by atoms with Crippen molar-refractivity contribution in [1.29, 1.82) is 0 Å². The van der Waals surface area contributed by atoms with Crippen LogP contribution in [-0.2, 0) is 4.79 Å². The lowest BCUT2D eigenvalue weighted by atomic mass is 10.2. The summed E-state index contributed by atoms with van der Waals surface area (Å²) in [7, 11) is 0. The molecule has 0 bridgehead atoms. The van der Waals surface area contributed by atoms with Crippen molar-refractivity contribution in [3.05, 3.63) is 36.0 Å².